The van der Waals surface area contributed by atoms with Crippen LogP contribution in [0.5, 0.6) is 11.5 Å². The number of nitrogens with zero attached hydrogens (tertiary/aromatic N) is 5. The number of hydrogen-bond donors (Lipinski definition) is 2. The number of aromatic nitrogens is 3. The number of H-pyrrole nitrogens is 1. The number of ether oxygens (including phenoxy) is 2. The number of aldehydes is 1. The number of rotatable bonds is 14. The molecule has 1 fully saturated rings. The van der Waals surface area contributed by atoms with Crippen LogP contribution in [0, 0.1) is 6.92 Å². The molecule has 2 aromatic heterocycles. The van der Waals surface area contributed by atoms with E-state index in [1.54, 1.807) is 49.8 Å². The summed E-state index contributed by atoms with van der Waals surface area (Å²) in [4.78, 5) is 58.6. The molecule has 56 heavy (non-hydrogen) atoms. The molecular weight excluding hydrogens is 777 g/mol. The minimum Gasteiger partial charge on any atom is -0.495 e. The standard InChI is InChI=1S/C41H47N7O5.3ClH/c1-6-7-17-41(27-49,48-22-20-46(3)21-23-48)53-36-24-28(2)11-14-34(36)47(4)40(51)30-12-13-32(35(26-30)52-5)44-39(50)31-9-8-10-33-38(31)45-37(43-33)25-29-15-18-42-19-16-29;;;/h8-16,18-19,24,26-27H,6-7,17,20-23,25H2,1-5H3,(H,43,45)(H,44,50);3*1H. The summed E-state index contributed by atoms with van der Waals surface area (Å²) in [5.74, 6) is 0.823. The number of carbonyl (C=O) groups is 3. The van der Waals surface area contributed by atoms with Gasteiger partial charge in [-0.15, -0.1) is 37.2 Å². The zero-order valence-electron chi connectivity index (χ0n) is 32.2. The number of aromatic amines is 1. The lowest BCUT2D eigenvalue weighted by molar-refractivity contribution is -0.146. The summed E-state index contributed by atoms with van der Waals surface area (Å²) in [5, 5.41) is 2.94. The first-order chi connectivity index (χ1) is 25.6. The summed E-state index contributed by atoms with van der Waals surface area (Å²) in [7, 11) is 5.24. The first-order valence-electron chi connectivity index (χ1n) is 18.0. The quantitative estimate of drug-likeness (QED) is 0.110. The fraction of sp³-hybridized carbons (Fsp3) is 0.341. The normalized spacial score (nSPS) is 13.9. The van der Waals surface area contributed by atoms with Crippen molar-refractivity contribution in [3.05, 3.63) is 107 Å². The van der Waals surface area contributed by atoms with Crippen LogP contribution >= 0.6 is 37.2 Å². The van der Waals surface area contributed by atoms with Crippen molar-refractivity contribution in [3.63, 3.8) is 0 Å². The topological polar surface area (TPSA) is 133 Å². The summed E-state index contributed by atoms with van der Waals surface area (Å²) in [6, 6.07) is 19.8. The molecule has 300 valence electrons. The fourth-order valence-corrected chi connectivity index (χ4v) is 6.68. The summed E-state index contributed by atoms with van der Waals surface area (Å²) >= 11 is 0. The minimum absolute atomic E-state index is 0. The third-order valence-electron chi connectivity index (χ3n) is 9.80. The number of benzene rings is 3. The zero-order valence-corrected chi connectivity index (χ0v) is 34.7. The van der Waals surface area contributed by atoms with E-state index in [9.17, 15) is 14.4 Å². The zero-order chi connectivity index (χ0) is 37.5. The Balaban J connectivity index is 0.00000280. The number of anilines is 2. The second kappa shape index (κ2) is 20.4. The number of halogens is 3. The number of aryl methyl sites for hydroxylation is 1. The number of para-hydroxylation sites is 1. The van der Waals surface area contributed by atoms with Crippen LogP contribution in [0.4, 0.5) is 11.4 Å². The number of carbonyl (C=O) groups excluding carboxylic acids is 3. The number of pyridine rings is 1. The molecule has 1 saturated heterocycles. The van der Waals surface area contributed by atoms with Gasteiger partial charge in [0.1, 0.15) is 22.8 Å². The first kappa shape index (κ1) is 45.7. The van der Waals surface area contributed by atoms with Crippen molar-refractivity contribution in [1.82, 2.24) is 24.8 Å². The van der Waals surface area contributed by atoms with E-state index in [1.807, 2.05) is 43.3 Å². The summed E-state index contributed by atoms with van der Waals surface area (Å²) in [6.45, 7) is 7.10. The second-order valence-corrected chi connectivity index (χ2v) is 13.6. The molecule has 6 rings (SSSR count). The molecule has 1 aliphatic rings. The highest BCUT2D eigenvalue weighted by Crippen LogP contribution is 2.36. The number of imidazole rings is 1. The highest BCUT2D eigenvalue weighted by molar-refractivity contribution is 6.12. The van der Waals surface area contributed by atoms with Crippen molar-refractivity contribution < 1.29 is 23.9 Å². The van der Waals surface area contributed by atoms with Crippen LogP contribution in [-0.4, -0.2) is 96.0 Å². The minimum atomic E-state index is -1.16. The number of nitrogens with one attached hydrogen (secondary N) is 2. The van der Waals surface area contributed by atoms with Crippen LogP contribution in [0.1, 0.15) is 63.9 Å². The maximum Gasteiger partial charge on any atom is 0.258 e. The van der Waals surface area contributed by atoms with Crippen LogP contribution in [0.25, 0.3) is 11.0 Å². The van der Waals surface area contributed by atoms with Gasteiger partial charge >= 0.3 is 0 Å². The Kier molecular flexibility index (Phi) is 16.7. The molecule has 1 atom stereocenters. The smallest absolute Gasteiger partial charge is 0.258 e. The van der Waals surface area contributed by atoms with Gasteiger partial charge in [-0.2, -0.15) is 0 Å². The van der Waals surface area contributed by atoms with Crippen molar-refractivity contribution in [2.45, 2.75) is 45.3 Å². The number of likely N-dealkylation sites (N-methyl/N-ethyl adjacent to an activating group) is 1. The van der Waals surface area contributed by atoms with E-state index < -0.39 is 5.72 Å². The largest absolute Gasteiger partial charge is 0.495 e. The molecule has 5 aromatic rings. The van der Waals surface area contributed by atoms with Gasteiger partial charge in [-0.1, -0.05) is 25.5 Å². The van der Waals surface area contributed by atoms with Crippen LogP contribution in [0.2, 0.25) is 0 Å². The van der Waals surface area contributed by atoms with Gasteiger partial charge in [-0.3, -0.25) is 24.3 Å². The SMILES string of the molecule is CCCCC(C=O)(Oc1cc(C)ccc1N(C)C(=O)c1ccc(NC(=O)c2cccc3[nH]c(Cc4ccncc4)nc23)c(OC)c1)N1CCN(C)CC1.Cl.Cl.Cl. The summed E-state index contributed by atoms with van der Waals surface area (Å²) in [6.07, 6.45) is 7.23. The first-order valence-corrected chi connectivity index (χ1v) is 18.0. The van der Waals surface area contributed by atoms with Gasteiger partial charge < -0.3 is 29.6 Å². The van der Waals surface area contributed by atoms with Crippen molar-refractivity contribution in [1.29, 1.82) is 0 Å². The monoisotopic (exact) mass is 825 g/mol. The van der Waals surface area contributed by atoms with E-state index >= 15 is 0 Å². The molecule has 1 unspecified atom stereocenters. The number of unbranched alkanes of at least 4 members (excludes halogenated alkanes) is 1. The lowest BCUT2D eigenvalue weighted by Crippen LogP contribution is -2.60. The Morgan fingerprint density at radius 1 is 0.982 bits per heavy atom. The molecule has 0 spiro atoms. The molecule has 3 aromatic carbocycles. The van der Waals surface area contributed by atoms with Gasteiger partial charge in [0.2, 0.25) is 5.72 Å². The van der Waals surface area contributed by atoms with E-state index in [0.29, 0.717) is 65.4 Å². The predicted octanol–water partition coefficient (Wildman–Crippen LogP) is 7.37. The van der Waals surface area contributed by atoms with Crippen molar-refractivity contribution in [3.8, 4) is 11.5 Å². The number of hydrogen-bond acceptors (Lipinski definition) is 9. The number of amides is 2. The molecule has 2 N–H and O–H groups in total. The molecule has 3 heterocycles. The van der Waals surface area contributed by atoms with Crippen molar-refractivity contribution in [2.24, 2.45) is 0 Å². The van der Waals surface area contributed by atoms with Gasteiger partial charge in [0.25, 0.3) is 11.8 Å². The lowest BCUT2D eigenvalue weighted by atomic mass is 10.0. The number of fused-ring (bicyclic) bond motifs is 1. The van der Waals surface area contributed by atoms with Crippen LogP contribution in [0.15, 0.2) is 79.1 Å². The van der Waals surface area contributed by atoms with E-state index in [-0.39, 0.29) is 49.0 Å². The van der Waals surface area contributed by atoms with Crippen LogP contribution < -0.4 is 19.7 Å². The molecule has 2 amide bonds. The molecule has 0 radical (unpaired) electrons. The summed E-state index contributed by atoms with van der Waals surface area (Å²) in [5.41, 5.74) is 3.81. The second-order valence-electron chi connectivity index (χ2n) is 13.6. The fourth-order valence-electron chi connectivity index (χ4n) is 6.68. The molecule has 15 heteroatoms. The average Bonchev–Trinajstić information content (AvgIpc) is 3.59. The highest BCUT2D eigenvalue weighted by Gasteiger charge is 2.41. The maximum atomic E-state index is 14.1. The predicted molar refractivity (Wildman–Crippen MR) is 228 cm³/mol. The van der Waals surface area contributed by atoms with Gasteiger partial charge in [-0.05, 0) is 86.1 Å². The Morgan fingerprint density at radius 2 is 1.71 bits per heavy atom. The van der Waals surface area contributed by atoms with E-state index in [0.717, 1.165) is 54.7 Å². The van der Waals surface area contributed by atoms with E-state index in [2.05, 4.69) is 39.1 Å². The van der Waals surface area contributed by atoms with Crippen LogP contribution in [-0.2, 0) is 11.2 Å². The third kappa shape index (κ3) is 10.2. The molecule has 12 nitrogen and oxygen atoms in total. The van der Waals surface area contributed by atoms with E-state index in [4.69, 9.17) is 14.5 Å². The van der Waals surface area contributed by atoms with E-state index in [1.165, 1.54) is 12.0 Å². The van der Waals surface area contributed by atoms with Crippen molar-refractivity contribution >= 4 is 77.7 Å². The Hall–Kier alpha value is -4.72. The highest BCUT2D eigenvalue weighted by atomic mass is 35.5. The van der Waals surface area contributed by atoms with Crippen LogP contribution in [0.3, 0.4) is 0 Å². The number of piperazine rings is 1. The van der Waals surface area contributed by atoms with Gasteiger partial charge in [0.05, 0.1) is 29.6 Å². The molecule has 0 aliphatic carbocycles. The van der Waals surface area contributed by atoms with Gasteiger partial charge in [0.15, 0.2) is 6.29 Å². The Labute approximate surface area is 346 Å². The van der Waals surface area contributed by atoms with Gasteiger partial charge in [-0.25, -0.2) is 4.98 Å². The third-order valence-corrected chi connectivity index (χ3v) is 9.80. The molecule has 1 aliphatic heterocycles. The Bertz CT molecular complexity index is 2090. The summed E-state index contributed by atoms with van der Waals surface area (Å²) < 4.78 is 12.4. The molecule has 0 bridgehead atoms. The average molecular weight is 827 g/mol. The molecule has 0 saturated carbocycles. The van der Waals surface area contributed by atoms with Crippen molar-refractivity contribution in [2.75, 3.05) is 57.6 Å². The van der Waals surface area contributed by atoms with Gasteiger partial charge in [0, 0.05) is 64.0 Å². The Morgan fingerprint density at radius 3 is 2.39 bits per heavy atom. The molecular formula is C41H50Cl3N7O5. The number of methoxy groups -OCH3 is 1. The maximum absolute atomic E-state index is 14.1. The lowest BCUT2D eigenvalue weighted by Gasteiger charge is -2.44.